The van der Waals surface area contributed by atoms with E-state index in [9.17, 15) is 14.4 Å². The number of hydrogen-bond acceptors (Lipinski definition) is 3. The molecule has 0 radical (unpaired) electrons. The fraction of sp³-hybridized carbons (Fsp3) is 0.571. The second-order valence-corrected chi connectivity index (χ2v) is 7.71. The van der Waals surface area contributed by atoms with Gasteiger partial charge in [0.05, 0.1) is 11.3 Å². The number of carbonyl (C=O) groups excluding carboxylic acids is 3. The molecule has 3 unspecified atom stereocenters. The topological polar surface area (TPSA) is 75.3 Å². The number of rotatable bonds is 5. The SMILES string of the molecule is CCC(C)NC(=O)c1ccccc1NC(=O)C1CC2CCCC(C1)C2=O. The molecule has 0 aromatic heterocycles. The van der Waals surface area contributed by atoms with Gasteiger partial charge < -0.3 is 10.6 Å². The van der Waals surface area contributed by atoms with E-state index in [1.165, 1.54) is 0 Å². The first-order chi connectivity index (χ1) is 12.5. The molecule has 2 fully saturated rings. The molecule has 26 heavy (non-hydrogen) atoms. The zero-order valence-electron chi connectivity index (χ0n) is 15.6. The summed E-state index contributed by atoms with van der Waals surface area (Å²) in [6, 6.07) is 7.18. The molecule has 2 aliphatic carbocycles. The average molecular weight is 356 g/mol. The van der Waals surface area contributed by atoms with E-state index in [-0.39, 0.29) is 35.6 Å². The number of hydrogen-bond donors (Lipinski definition) is 2. The Kier molecular flexibility index (Phi) is 5.74. The number of para-hydroxylation sites is 1. The summed E-state index contributed by atoms with van der Waals surface area (Å²) in [6.07, 6.45) is 5.04. The highest BCUT2D eigenvalue weighted by Crippen LogP contribution is 2.40. The van der Waals surface area contributed by atoms with Crippen molar-refractivity contribution in [3.8, 4) is 0 Å². The summed E-state index contributed by atoms with van der Waals surface area (Å²) in [5, 5.41) is 5.89. The molecule has 0 aliphatic heterocycles. The summed E-state index contributed by atoms with van der Waals surface area (Å²) in [5.74, 6) is 0.0517. The number of benzene rings is 1. The lowest BCUT2D eigenvalue weighted by atomic mass is 9.67. The number of anilines is 1. The van der Waals surface area contributed by atoms with Crippen LogP contribution in [-0.2, 0) is 9.59 Å². The van der Waals surface area contributed by atoms with Crippen LogP contribution in [0.1, 0.15) is 62.7 Å². The van der Waals surface area contributed by atoms with Crippen molar-refractivity contribution in [1.29, 1.82) is 0 Å². The van der Waals surface area contributed by atoms with E-state index >= 15 is 0 Å². The van der Waals surface area contributed by atoms with E-state index in [2.05, 4.69) is 10.6 Å². The van der Waals surface area contributed by atoms with E-state index in [1.807, 2.05) is 19.9 Å². The second-order valence-electron chi connectivity index (χ2n) is 7.71. The maximum atomic E-state index is 12.8. The Hall–Kier alpha value is -2.17. The van der Waals surface area contributed by atoms with Gasteiger partial charge in [-0.15, -0.1) is 0 Å². The van der Waals surface area contributed by atoms with E-state index in [1.54, 1.807) is 18.2 Å². The molecule has 5 heteroatoms. The molecule has 2 bridgehead atoms. The quantitative estimate of drug-likeness (QED) is 0.847. The highest BCUT2D eigenvalue weighted by atomic mass is 16.2. The Morgan fingerprint density at radius 2 is 1.81 bits per heavy atom. The molecule has 2 aliphatic rings. The predicted octanol–water partition coefficient (Wildman–Crippen LogP) is 3.55. The first kappa shape index (κ1) is 18.6. The van der Waals surface area contributed by atoms with Gasteiger partial charge in [-0.3, -0.25) is 14.4 Å². The Morgan fingerprint density at radius 3 is 2.46 bits per heavy atom. The van der Waals surface area contributed by atoms with Gasteiger partial charge in [0.25, 0.3) is 5.91 Å². The van der Waals surface area contributed by atoms with Gasteiger partial charge in [-0.05, 0) is 51.2 Å². The largest absolute Gasteiger partial charge is 0.350 e. The Bertz CT molecular complexity index is 684. The van der Waals surface area contributed by atoms with Crippen LogP contribution in [0.2, 0.25) is 0 Å². The van der Waals surface area contributed by atoms with Crippen molar-refractivity contribution in [1.82, 2.24) is 5.32 Å². The molecule has 2 N–H and O–H groups in total. The third-order valence-corrected chi connectivity index (χ3v) is 5.84. The third kappa shape index (κ3) is 3.97. The van der Waals surface area contributed by atoms with Gasteiger partial charge in [0.2, 0.25) is 5.91 Å². The molecule has 0 heterocycles. The van der Waals surface area contributed by atoms with Crippen LogP contribution in [0.25, 0.3) is 0 Å². The van der Waals surface area contributed by atoms with Crippen LogP contribution in [0, 0.1) is 17.8 Å². The highest BCUT2D eigenvalue weighted by Gasteiger charge is 2.41. The maximum Gasteiger partial charge on any atom is 0.253 e. The van der Waals surface area contributed by atoms with Crippen molar-refractivity contribution in [3.63, 3.8) is 0 Å². The highest BCUT2D eigenvalue weighted by molar-refractivity contribution is 6.04. The van der Waals surface area contributed by atoms with Crippen molar-refractivity contribution in [2.75, 3.05) is 5.32 Å². The molecule has 140 valence electrons. The first-order valence-corrected chi connectivity index (χ1v) is 9.74. The van der Waals surface area contributed by atoms with Crippen LogP contribution in [0.15, 0.2) is 24.3 Å². The number of carbonyl (C=O) groups is 3. The van der Waals surface area contributed by atoms with Gasteiger partial charge in [-0.25, -0.2) is 0 Å². The fourth-order valence-corrected chi connectivity index (χ4v) is 4.12. The van der Waals surface area contributed by atoms with E-state index in [0.29, 0.717) is 29.9 Å². The average Bonchev–Trinajstić information content (AvgIpc) is 2.61. The van der Waals surface area contributed by atoms with Crippen LogP contribution in [0.3, 0.4) is 0 Å². The van der Waals surface area contributed by atoms with Crippen molar-refractivity contribution in [3.05, 3.63) is 29.8 Å². The van der Waals surface area contributed by atoms with E-state index in [4.69, 9.17) is 0 Å². The summed E-state index contributed by atoms with van der Waals surface area (Å²) in [4.78, 5) is 37.5. The molecular formula is C21H28N2O3. The summed E-state index contributed by atoms with van der Waals surface area (Å²) in [6.45, 7) is 3.97. The van der Waals surface area contributed by atoms with Gasteiger partial charge in [0.1, 0.15) is 5.78 Å². The zero-order valence-corrected chi connectivity index (χ0v) is 15.6. The van der Waals surface area contributed by atoms with Gasteiger partial charge in [-0.2, -0.15) is 0 Å². The minimum atomic E-state index is -0.175. The van der Waals surface area contributed by atoms with Gasteiger partial charge in [-0.1, -0.05) is 25.5 Å². The Labute approximate surface area is 154 Å². The molecular weight excluding hydrogens is 328 g/mol. The molecule has 3 rings (SSSR count). The summed E-state index contributed by atoms with van der Waals surface area (Å²) >= 11 is 0. The van der Waals surface area contributed by atoms with Gasteiger partial charge in [0.15, 0.2) is 0 Å². The molecule has 5 nitrogen and oxygen atoms in total. The van der Waals surface area contributed by atoms with Crippen LogP contribution in [0.4, 0.5) is 5.69 Å². The zero-order chi connectivity index (χ0) is 18.7. The van der Waals surface area contributed by atoms with Crippen molar-refractivity contribution < 1.29 is 14.4 Å². The van der Waals surface area contributed by atoms with Crippen molar-refractivity contribution >= 4 is 23.3 Å². The fourth-order valence-electron chi connectivity index (χ4n) is 4.12. The van der Waals surface area contributed by atoms with Crippen molar-refractivity contribution in [2.45, 2.75) is 58.4 Å². The third-order valence-electron chi connectivity index (χ3n) is 5.84. The predicted molar refractivity (Wildman–Crippen MR) is 101 cm³/mol. The Morgan fingerprint density at radius 1 is 1.15 bits per heavy atom. The number of amides is 2. The molecule has 2 saturated carbocycles. The summed E-state index contributed by atoms with van der Waals surface area (Å²) in [5.41, 5.74) is 1.02. The van der Waals surface area contributed by atoms with Crippen LogP contribution in [0.5, 0.6) is 0 Å². The monoisotopic (exact) mass is 356 g/mol. The lowest BCUT2D eigenvalue weighted by Crippen LogP contribution is -2.40. The maximum absolute atomic E-state index is 12.8. The standard InChI is InChI=1S/C21H28N2O3/c1-3-13(2)22-21(26)17-9-4-5-10-18(17)23-20(25)16-11-14-7-6-8-15(12-16)19(14)24/h4-5,9-10,13-16H,3,6-8,11-12H2,1-2H3,(H,22,26)(H,23,25). The molecule has 2 amide bonds. The van der Waals surface area contributed by atoms with Gasteiger partial charge >= 0.3 is 0 Å². The number of fused-ring (bicyclic) bond motifs is 2. The van der Waals surface area contributed by atoms with Gasteiger partial charge in [0, 0.05) is 23.8 Å². The molecule has 0 saturated heterocycles. The number of ketones is 1. The molecule has 1 aromatic carbocycles. The lowest BCUT2D eigenvalue weighted by Gasteiger charge is -2.37. The number of nitrogens with one attached hydrogen (secondary N) is 2. The normalized spacial score (nSPS) is 26.1. The Balaban J connectivity index is 1.70. The van der Waals surface area contributed by atoms with E-state index in [0.717, 1.165) is 25.7 Å². The minimum absolute atomic E-state index is 0.0437. The molecule has 3 atom stereocenters. The van der Waals surface area contributed by atoms with Crippen LogP contribution >= 0.6 is 0 Å². The second kappa shape index (κ2) is 8.02. The van der Waals surface area contributed by atoms with Crippen LogP contribution < -0.4 is 10.6 Å². The smallest absolute Gasteiger partial charge is 0.253 e. The first-order valence-electron chi connectivity index (χ1n) is 9.74. The minimum Gasteiger partial charge on any atom is -0.350 e. The van der Waals surface area contributed by atoms with Crippen molar-refractivity contribution in [2.24, 2.45) is 17.8 Å². The van der Waals surface area contributed by atoms with Crippen LogP contribution in [-0.4, -0.2) is 23.6 Å². The summed E-state index contributed by atoms with van der Waals surface area (Å²) < 4.78 is 0. The lowest BCUT2D eigenvalue weighted by molar-refractivity contribution is -0.136. The molecule has 0 spiro atoms. The summed E-state index contributed by atoms with van der Waals surface area (Å²) in [7, 11) is 0. The number of Topliss-reactive ketones (excluding diaryl/α,β-unsaturated/α-hetero) is 1. The van der Waals surface area contributed by atoms with E-state index < -0.39 is 0 Å². The molecule has 1 aromatic rings.